The van der Waals surface area contributed by atoms with Gasteiger partial charge in [0, 0.05) is 11.6 Å². The van der Waals surface area contributed by atoms with E-state index in [0.29, 0.717) is 16.4 Å². The van der Waals surface area contributed by atoms with Crippen molar-refractivity contribution in [2.75, 3.05) is 12.8 Å². The molecule has 1 heterocycles. The van der Waals surface area contributed by atoms with Crippen LogP contribution in [0.4, 0.5) is 9.52 Å². The van der Waals surface area contributed by atoms with E-state index in [1.54, 1.807) is 0 Å². The molecule has 0 bridgehead atoms. The fraction of sp³-hybridized carbons (Fsp3) is 0.364. The third-order valence-electron chi connectivity index (χ3n) is 2.44. The second-order valence-corrected chi connectivity index (χ2v) is 4.89. The Morgan fingerprint density at radius 1 is 1.50 bits per heavy atom. The SMILES string of the molecule is COc1cc(F)c2nc(N)sc2c1C(C)C. The van der Waals surface area contributed by atoms with Crippen LogP contribution in [-0.2, 0) is 0 Å². The van der Waals surface area contributed by atoms with Crippen molar-refractivity contribution in [3.8, 4) is 5.75 Å². The van der Waals surface area contributed by atoms with E-state index in [1.807, 2.05) is 13.8 Å². The van der Waals surface area contributed by atoms with E-state index in [4.69, 9.17) is 10.5 Å². The largest absolute Gasteiger partial charge is 0.496 e. The lowest BCUT2D eigenvalue weighted by atomic mass is 10.0. The van der Waals surface area contributed by atoms with Gasteiger partial charge in [0.15, 0.2) is 10.9 Å². The van der Waals surface area contributed by atoms with Gasteiger partial charge in [-0.05, 0) is 5.92 Å². The monoisotopic (exact) mass is 240 g/mol. The van der Waals surface area contributed by atoms with E-state index < -0.39 is 0 Å². The lowest BCUT2D eigenvalue weighted by molar-refractivity contribution is 0.405. The maximum absolute atomic E-state index is 13.7. The summed E-state index contributed by atoms with van der Waals surface area (Å²) in [6, 6.07) is 1.37. The Morgan fingerprint density at radius 2 is 2.19 bits per heavy atom. The topological polar surface area (TPSA) is 48.1 Å². The Morgan fingerprint density at radius 3 is 2.75 bits per heavy atom. The summed E-state index contributed by atoms with van der Waals surface area (Å²) >= 11 is 1.30. The molecule has 1 aromatic carbocycles. The summed E-state index contributed by atoms with van der Waals surface area (Å²) in [5, 5.41) is 0.379. The second-order valence-electron chi connectivity index (χ2n) is 3.86. The minimum atomic E-state index is -0.385. The number of aromatic nitrogens is 1. The molecule has 0 unspecified atom stereocenters. The van der Waals surface area contributed by atoms with Crippen molar-refractivity contribution in [1.29, 1.82) is 0 Å². The van der Waals surface area contributed by atoms with Crippen molar-refractivity contribution >= 4 is 26.7 Å². The molecule has 0 aliphatic carbocycles. The molecule has 0 aliphatic heterocycles. The maximum Gasteiger partial charge on any atom is 0.181 e. The van der Waals surface area contributed by atoms with Crippen LogP contribution >= 0.6 is 11.3 Å². The van der Waals surface area contributed by atoms with Gasteiger partial charge in [-0.1, -0.05) is 25.2 Å². The molecule has 0 spiro atoms. The molecule has 0 aliphatic rings. The lowest BCUT2D eigenvalue weighted by Crippen LogP contribution is -1.96. The van der Waals surface area contributed by atoms with Crippen LogP contribution in [0.5, 0.6) is 5.75 Å². The molecule has 0 amide bonds. The first-order chi connectivity index (χ1) is 7.54. The van der Waals surface area contributed by atoms with E-state index in [-0.39, 0.29) is 11.7 Å². The number of halogens is 1. The van der Waals surface area contributed by atoms with Crippen LogP contribution in [0.25, 0.3) is 10.2 Å². The Hall–Kier alpha value is -1.36. The molecule has 2 N–H and O–H groups in total. The summed E-state index contributed by atoms with van der Waals surface area (Å²) in [7, 11) is 1.54. The number of rotatable bonds is 2. The first kappa shape index (κ1) is 11.1. The molecule has 3 nitrogen and oxygen atoms in total. The zero-order valence-electron chi connectivity index (χ0n) is 9.37. The number of nitrogens with two attached hydrogens (primary N) is 1. The van der Waals surface area contributed by atoms with Gasteiger partial charge in [-0.2, -0.15) is 0 Å². The van der Waals surface area contributed by atoms with Crippen LogP contribution in [0, 0.1) is 5.82 Å². The molecule has 0 fully saturated rings. The quantitative estimate of drug-likeness (QED) is 0.877. The molecule has 2 rings (SSSR count). The van der Waals surface area contributed by atoms with E-state index in [2.05, 4.69) is 4.98 Å². The molecule has 16 heavy (non-hydrogen) atoms. The predicted octanol–water partition coefficient (Wildman–Crippen LogP) is 3.15. The molecule has 1 aromatic heterocycles. The Kier molecular flexibility index (Phi) is 2.71. The van der Waals surface area contributed by atoms with Crippen LogP contribution in [0.2, 0.25) is 0 Å². The van der Waals surface area contributed by atoms with E-state index in [0.717, 1.165) is 10.3 Å². The van der Waals surface area contributed by atoms with Gasteiger partial charge in [-0.3, -0.25) is 0 Å². The van der Waals surface area contributed by atoms with Gasteiger partial charge >= 0.3 is 0 Å². The van der Waals surface area contributed by atoms with Gasteiger partial charge in [0.25, 0.3) is 0 Å². The molecular weight excluding hydrogens is 227 g/mol. The van der Waals surface area contributed by atoms with Gasteiger partial charge in [-0.15, -0.1) is 0 Å². The van der Waals surface area contributed by atoms with E-state index in [1.165, 1.54) is 24.5 Å². The molecular formula is C11H13FN2OS. The van der Waals surface area contributed by atoms with Gasteiger partial charge in [0.05, 0.1) is 11.8 Å². The van der Waals surface area contributed by atoms with Crippen LogP contribution in [0.3, 0.4) is 0 Å². The predicted molar refractivity (Wildman–Crippen MR) is 64.6 cm³/mol. The zero-order chi connectivity index (χ0) is 11.9. The van der Waals surface area contributed by atoms with Gasteiger partial charge < -0.3 is 10.5 Å². The van der Waals surface area contributed by atoms with Crippen molar-refractivity contribution in [2.24, 2.45) is 0 Å². The highest BCUT2D eigenvalue weighted by Crippen LogP contribution is 2.39. The van der Waals surface area contributed by atoms with Crippen LogP contribution in [0.1, 0.15) is 25.3 Å². The number of methoxy groups -OCH3 is 1. The summed E-state index contributed by atoms with van der Waals surface area (Å²) in [4.78, 5) is 4.00. The number of anilines is 1. The highest BCUT2D eigenvalue weighted by atomic mass is 32.1. The third-order valence-corrected chi connectivity index (χ3v) is 3.35. The van der Waals surface area contributed by atoms with Gasteiger partial charge in [0.2, 0.25) is 0 Å². The highest BCUT2D eigenvalue weighted by molar-refractivity contribution is 7.22. The maximum atomic E-state index is 13.7. The molecule has 0 saturated heterocycles. The number of benzene rings is 1. The summed E-state index contributed by atoms with van der Waals surface area (Å²) in [5.74, 6) is 0.408. The zero-order valence-corrected chi connectivity index (χ0v) is 10.2. The Labute approximate surface area is 97.1 Å². The molecule has 5 heteroatoms. The molecule has 0 radical (unpaired) electrons. The molecule has 0 saturated carbocycles. The minimum absolute atomic E-state index is 0.234. The fourth-order valence-corrected chi connectivity index (χ4v) is 2.80. The standard InChI is InChI=1S/C11H13FN2OS/c1-5(2)8-7(15-3)4-6(12)9-10(8)16-11(13)14-9/h4-5H,1-3H3,(H2,13,14). The Bertz CT molecular complexity index is 536. The van der Waals surface area contributed by atoms with Gasteiger partial charge in [-0.25, -0.2) is 9.37 Å². The van der Waals surface area contributed by atoms with Crippen molar-refractivity contribution in [3.63, 3.8) is 0 Å². The van der Waals surface area contributed by atoms with Crippen molar-refractivity contribution in [3.05, 3.63) is 17.4 Å². The second kappa shape index (κ2) is 3.90. The fourth-order valence-electron chi connectivity index (χ4n) is 1.77. The average Bonchev–Trinajstić information content (AvgIpc) is 2.58. The normalized spacial score (nSPS) is 11.3. The van der Waals surface area contributed by atoms with Gasteiger partial charge in [0.1, 0.15) is 11.3 Å². The number of fused-ring (bicyclic) bond motifs is 1. The first-order valence-corrected chi connectivity index (χ1v) is 5.78. The number of ether oxygens (including phenoxy) is 1. The van der Waals surface area contributed by atoms with Crippen molar-refractivity contribution < 1.29 is 9.13 Å². The number of hydrogen-bond acceptors (Lipinski definition) is 4. The number of nitrogen functional groups attached to an aromatic ring is 1. The number of nitrogens with zero attached hydrogens (tertiary/aromatic N) is 1. The molecule has 0 atom stereocenters. The number of hydrogen-bond donors (Lipinski definition) is 1. The van der Waals surface area contributed by atoms with Crippen LogP contribution in [0.15, 0.2) is 6.07 Å². The Balaban J connectivity index is 2.86. The van der Waals surface area contributed by atoms with Crippen LogP contribution in [-0.4, -0.2) is 12.1 Å². The smallest absolute Gasteiger partial charge is 0.181 e. The summed E-state index contributed by atoms with van der Waals surface area (Å²) in [6.07, 6.45) is 0. The molecule has 2 aromatic rings. The van der Waals surface area contributed by atoms with Crippen molar-refractivity contribution in [1.82, 2.24) is 4.98 Å². The summed E-state index contributed by atoms with van der Waals surface area (Å²) < 4.78 is 19.7. The minimum Gasteiger partial charge on any atom is -0.496 e. The summed E-state index contributed by atoms with van der Waals surface area (Å²) in [5.41, 5.74) is 6.93. The number of thiazole rings is 1. The highest BCUT2D eigenvalue weighted by Gasteiger charge is 2.18. The summed E-state index contributed by atoms with van der Waals surface area (Å²) in [6.45, 7) is 4.07. The van der Waals surface area contributed by atoms with E-state index in [9.17, 15) is 4.39 Å². The first-order valence-electron chi connectivity index (χ1n) is 4.97. The van der Waals surface area contributed by atoms with Crippen molar-refractivity contribution in [2.45, 2.75) is 19.8 Å². The third kappa shape index (κ3) is 1.61. The average molecular weight is 240 g/mol. The molecule has 86 valence electrons. The van der Waals surface area contributed by atoms with Crippen LogP contribution < -0.4 is 10.5 Å². The van der Waals surface area contributed by atoms with E-state index >= 15 is 0 Å². The lowest BCUT2D eigenvalue weighted by Gasteiger charge is -2.12.